The van der Waals surface area contributed by atoms with Crippen molar-refractivity contribution in [1.82, 2.24) is 0 Å². The summed E-state index contributed by atoms with van der Waals surface area (Å²) >= 11 is 0. The zero-order chi connectivity index (χ0) is 74.6. The van der Waals surface area contributed by atoms with Crippen LogP contribution in [0.3, 0.4) is 0 Å². The lowest BCUT2D eigenvalue weighted by molar-refractivity contribution is -0.161. The summed E-state index contributed by atoms with van der Waals surface area (Å²) in [5, 5.41) is 10.6. The molecule has 0 heterocycles. The summed E-state index contributed by atoms with van der Waals surface area (Å²) in [6.07, 6.45) is 80.6. The molecular formula is C83H144O17P2. The average Bonchev–Trinajstić information content (AvgIpc) is 0.923. The fraction of sp³-hybridized carbons (Fsp3) is 0.735. The second-order valence-electron chi connectivity index (χ2n) is 26.6. The van der Waals surface area contributed by atoms with Crippen molar-refractivity contribution in [3.05, 3.63) is 109 Å². The summed E-state index contributed by atoms with van der Waals surface area (Å²) in [4.78, 5) is 73.0. The summed E-state index contributed by atoms with van der Waals surface area (Å²) in [6, 6.07) is 0. The largest absolute Gasteiger partial charge is 0.472 e. The van der Waals surface area contributed by atoms with E-state index in [9.17, 15) is 43.2 Å². The van der Waals surface area contributed by atoms with Crippen molar-refractivity contribution in [3.63, 3.8) is 0 Å². The van der Waals surface area contributed by atoms with Crippen molar-refractivity contribution < 1.29 is 80.2 Å². The minimum absolute atomic E-state index is 0.0757. The molecule has 0 bridgehead atoms. The molecular weight excluding hydrogens is 1330 g/mol. The molecule has 0 fully saturated rings. The van der Waals surface area contributed by atoms with Crippen molar-refractivity contribution in [3.8, 4) is 0 Å². The van der Waals surface area contributed by atoms with E-state index in [1.807, 2.05) is 0 Å². The van der Waals surface area contributed by atoms with E-state index in [1.165, 1.54) is 57.8 Å². The van der Waals surface area contributed by atoms with Crippen molar-refractivity contribution in [2.24, 2.45) is 0 Å². The highest BCUT2D eigenvalue weighted by Gasteiger charge is 2.30. The second kappa shape index (κ2) is 75.0. The van der Waals surface area contributed by atoms with Gasteiger partial charge in [0.05, 0.1) is 26.4 Å². The molecule has 0 aliphatic heterocycles. The molecule has 0 aliphatic rings. The number of esters is 4. The summed E-state index contributed by atoms with van der Waals surface area (Å²) in [6.45, 7) is 4.60. The Morgan fingerprint density at radius 3 is 0.814 bits per heavy atom. The number of phosphoric ester groups is 2. The van der Waals surface area contributed by atoms with E-state index in [4.69, 9.17) is 37.0 Å². The summed E-state index contributed by atoms with van der Waals surface area (Å²) in [7, 11) is -9.97. The predicted molar refractivity (Wildman–Crippen MR) is 418 cm³/mol. The van der Waals surface area contributed by atoms with Crippen molar-refractivity contribution >= 4 is 39.5 Å². The number of carbonyl (C=O) groups excluding carboxylic acids is 4. The highest BCUT2D eigenvalue weighted by molar-refractivity contribution is 7.47. The molecule has 0 saturated carbocycles. The third-order valence-electron chi connectivity index (χ3n) is 16.7. The first kappa shape index (κ1) is 97.7. The molecule has 0 aliphatic carbocycles. The smallest absolute Gasteiger partial charge is 0.462 e. The monoisotopic (exact) mass is 1470 g/mol. The number of rotatable bonds is 75. The molecule has 0 spiro atoms. The minimum Gasteiger partial charge on any atom is -0.462 e. The minimum atomic E-state index is -4.98. The summed E-state index contributed by atoms with van der Waals surface area (Å²) in [5.41, 5.74) is 0. The number of aliphatic hydroxyl groups excluding tert-OH is 1. The Morgan fingerprint density at radius 1 is 0.284 bits per heavy atom. The lowest BCUT2D eigenvalue weighted by Crippen LogP contribution is -2.30. The maximum Gasteiger partial charge on any atom is 0.472 e. The quantitative estimate of drug-likeness (QED) is 0.0169. The molecule has 0 amide bonds. The van der Waals surface area contributed by atoms with Crippen LogP contribution in [0.25, 0.3) is 0 Å². The number of carbonyl (C=O) groups is 4. The number of ether oxygens (including phenoxy) is 4. The maximum absolute atomic E-state index is 13.1. The summed E-state index contributed by atoms with van der Waals surface area (Å²) in [5.74, 6) is -2.22. The van der Waals surface area contributed by atoms with E-state index < -0.39 is 97.5 Å². The van der Waals surface area contributed by atoms with Gasteiger partial charge in [0.1, 0.15) is 19.3 Å². The Balaban J connectivity index is 5.38. The van der Waals surface area contributed by atoms with Gasteiger partial charge in [-0.15, -0.1) is 0 Å². The number of allylic oxidation sites excluding steroid dienone is 18. The predicted octanol–water partition coefficient (Wildman–Crippen LogP) is 23.3. The molecule has 0 saturated heterocycles. The van der Waals surface area contributed by atoms with Gasteiger partial charge in [0.2, 0.25) is 0 Å². The van der Waals surface area contributed by atoms with Crippen LogP contribution in [0.5, 0.6) is 0 Å². The van der Waals surface area contributed by atoms with Gasteiger partial charge in [-0.1, -0.05) is 272 Å². The number of hydrogen-bond donors (Lipinski definition) is 3. The highest BCUT2D eigenvalue weighted by Crippen LogP contribution is 2.45. The first-order valence-corrected chi connectivity index (χ1v) is 43.1. The molecule has 19 heteroatoms. The third kappa shape index (κ3) is 74.0. The van der Waals surface area contributed by atoms with Gasteiger partial charge in [-0.05, 0) is 148 Å². The molecule has 17 nitrogen and oxygen atoms in total. The van der Waals surface area contributed by atoms with Crippen LogP contribution in [0.2, 0.25) is 0 Å². The Bertz CT molecular complexity index is 2360. The lowest BCUT2D eigenvalue weighted by atomic mass is 10.1. The van der Waals surface area contributed by atoms with Gasteiger partial charge < -0.3 is 33.8 Å². The lowest BCUT2D eigenvalue weighted by Gasteiger charge is -2.21. The number of unbranched alkanes of at least 4 members (excludes halogenated alkanes) is 31. The highest BCUT2D eigenvalue weighted by atomic mass is 31.2. The fourth-order valence-electron chi connectivity index (χ4n) is 10.6. The molecule has 0 aromatic carbocycles. The zero-order valence-corrected chi connectivity index (χ0v) is 66.0. The first-order chi connectivity index (χ1) is 49.7. The van der Waals surface area contributed by atoms with Crippen LogP contribution in [-0.2, 0) is 65.4 Å². The summed E-state index contributed by atoms with van der Waals surface area (Å²) < 4.78 is 68.6. The van der Waals surface area contributed by atoms with Gasteiger partial charge >= 0.3 is 39.5 Å². The SMILES string of the molecule is CC/C=C\C/C=C\C/C=C\CCCCCCCCCC(=O)OCC(COP(=O)(O)OCC(O)COP(=O)(O)OCC(COC(=O)CCCCCCC/C=C\C/C=C\C/C=C\CC)OC(=O)CCCCCCC/C=C\CCCCCCCC)OC(=O)CCCCCCC/C=C\C/C=C\CCCCC. The van der Waals surface area contributed by atoms with Crippen LogP contribution in [-0.4, -0.2) is 96.7 Å². The number of phosphoric acid groups is 2. The molecule has 0 aromatic rings. The molecule has 5 atom stereocenters. The standard InChI is InChI=1S/C83H144O17P2/c1-5-9-13-17-21-25-29-33-37-38-42-44-48-52-56-60-64-68-81(86)94-74-79(100-83(88)70-66-62-58-54-50-46-41-36-32-28-24-20-16-12-8-4)76-98-102(91,92)96-72-77(84)71-95-101(89,90)97-75-78(99-82(87)69-65-61-57-53-49-45-40-35-31-27-23-19-15-11-7-3)73-93-80(85)67-63-59-55-51-47-43-39-34-30-26-22-18-14-10-6-2/h9-10,13-14,21-22,24-26,28,33-37,39-41,77-79,84H,5-8,11-12,15-20,23,27,29-32,38,42-76H2,1-4H3,(H,89,90)(H,91,92)/b13-9-,14-10-,25-21-,26-22-,28-24-,37-33-,39-34-,40-35-,41-36-. The van der Waals surface area contributed by atoms with Crippen LogP contribution in [0, 0.1) is 0 Å². The Labute approximate surface area is 619 Å². The van der Waals surface area contributed by atoms with Crippen molar-refractivity contribution in [2.45, 2.75) is 354 Å². The van der Waals surface area contributed by atoms with E-state index in [2.05, 4.69) is 137 Å². The van der Waals surface area contributed by atoms with Gasteiger partial charge in [-0.2, -0.15) is 0 Å². The normalized spacial score (nSPS) is 14.5. The maximum atomic E-state index is 13.1. The Kier molecular flexibility index (Phi) is 71.8. The van der Waals surface area contributed by atoms with Crippen LogP contribution in [0.1, 0.15) is 336 Å². The van der Waals surface area contributed by atoms with Gasteiger partial charge in [0.25, 0.3) is 0 Å². The van der Waals surface area contributed by atoms with Crippen molar-refractivity contribution in [1.29, 1.82) is 0 Å². The Morgan fingerprint density at radius 2 is 0.510 bits per heavy atom. The van der Waals surface area contributed by atoms with E-state index in [0.717, 1.165) is 199 Å². The van der Waals surface area contributed by atoms with Gasteiger partial charge in [0, 0.05) is 25.7 Å². The fourth-order valence-corrected chi connectivity index (χ4v) is 12.2. The Hall–Kier alpha value is -4.28. The van der Waals surface area contributed by atoms with Crippen LogP contribution in [0.4, 0.5) is 0 Å². The van der Waals surface area contributed by atoms with Gasteiger partial charge in [-0.25, -0.2) is 9.13 Å². The topological polar surface area (TPSA) is 237 Å². The van der Waals surface area contributed by atoms with E-state index in [-0.39, 0.29) is 25.7 Å². The van der Waals surface area contributed by atoms with E-state index >= 15 is 0 Å². The second-order valence-corrected chi connectivity index (χ2v) is 29.5. The molecule has 0 aromatic heterocycles. The molecule has 0 rings (SSSR count). The molecule has 102 heavy (non-hydrogen) atoms. The number of aliphatic hydroxyl groups is 1. The van der Waals surface area contributed by atoms with Crippen LogP contribution in [0.15, 0.2) is 109 Å². The molecule has 5 unspecified atom stereocenters. The van der Waals surface area contributed by atoms with Crippen molar-refractivity contribution in [2.75, 3.05) is 39.6 Å². The van der Waals surface area contributed by atoms with Gasteiger partial charge in [-0.3, -0.25) is 37.3 Å². The van der Waals surface area contributed by atoms with E-state index in [1.54, 1.807) is 0 Å². The van der Waals surface area contributed by atoms with Crippen LogP contribution < -0.4 is 0 Å². The first-order valence-electron chi connectivity index (χ1n) is 40.1. The van der Waals surface area contributed by atoms with Crippen LogP contribution >= 0.6 is 15.6 Å². The third-order valence-corrected chi connectivity index (χ3v) is 18.6. The number of hydrogen-bond acceptors (Lipinski definition) is 15. The zero-order valence-electron chi connectivity index (χ0n) is 64.3. The molecule has 588 valence electrons. The van der Waals surface area contributed by atoms with Gasteiger partial charge in [0.15, 0.2) is 12.2 Å². The van der Waals surface area contributed by atoms with E-state index in [0.29, 0.717) is 25.7 Å². The molecule has 0 radical (unpaired) electrons. The molecule has 3 N–H and O–H groups in total. The average molecular weight is 1480 g/mol.